The molecule has 2 aromatic carbocycles. The van der Waals surface area contributed by atoms with Gasteiger partial charge in [0.15, 0.2) is 0 Å². The van der Waals surface area contributed by atoms with Crippen molar-refractivity contribution in [3.05, 3.63) is 64.4 Å². The highest BCUT2D eigenvalue weighted by molar-refractivity contribution is 7.88. The van der Waals surface area contributed by atoms with Crippen molar-refractivity contribution in [3.63, 3.8) is 0 Å². The number of halogens is 5. The molecule has 5 nitrogen and oxygen atoms in total. The second kappa shape index (κ2) is 9.13. The summed E-state index contributed by atoms with van der Waals surface area (Å²) in [6.07, 6.45) is -4.00. The minimum Gasteiger partial charge on any atom is -0.326 e. The fourth-order valence-corrected chi connectivity index (χ4v) is 5.24. The number of rotatable bonds is 5. The number of anilines is 1. The summed E-state index contributed by atoms with van der Waals surface area (Å²) in [5.74, 6) is -2.18. The molecule has 3 rings (SSSR count). The van der Waals surface area contributed by atoms with Crippen LogP contribution in [0.15, 0.2) is 42.5 Å². The van der Waals surface area contributed by atoms with Gasteiger partial charge in [-0.25, -0.2) is 17.1 Å². The van der Waals surface area contributed by atoms with E-state index in [4.69, 9.17) is 11.6 Å². The van der Waals surface area contributed by atoms with Gasteiger partial charge in [0, 0.05) is 35.3 Å². The lowest BCUT2D eigenvalue weighted by Gasteiger charge is -2.30. The van der Waals surface area contributed by atoms with Gasteiger partial charge in [0.05, 0.1) is 11.3 Å². The predicted molar refractivity (Wildman–Crippen MR) is 108 cm³/mol. The second-order valence-corrected chi connectivity index (χ2v) is 9.57. The van der Waals surface area contributed by atoms with Crippen LogP contribution in [0, 0.1) is 11.7 Å². The van der Waals surface area contributed by atoms with Crippen molar-refractivity contribution < 1.29 is 30.8 Å². The summed E-state index contributed by atoms with van der Waals surface area (Å²) in [6, 6.07) is 8.00. The van der Waals surface area contributed by atoms with Crippen LogP contribution in [0.5, 0.6) is 0 Å². The molecule has 0 unspecified atom stereocenters. The summed E-state index contributed by atoms with van der Waals surface area (Å²) < 4.78 is 78.3. The van der Waals surface area contributed by atoms with E-state index in [0.29, 0.717) is 0 Å². The van der Waals surface area contributed by atoms with Gasteiger partial charge >= 0.3 is 6.18 Å². The fraction of sp³-hybridized carbons (Fsp3) is 0.350. The van der Waals surface area contributed by atoms with E-state index in [1.54, 1.807) is 0 Å². The molecule has 1 fully saturated rings. The number of carbonyl (C=O) groups is 1. The van der Waals surface area contributed by atoms with Crippen LogP contribution in [0.4, 0.5) is 23.2 Å². The van der Waals surface area contributed by atoms with Gasteiger partial charge in [0.25, 0.3) is 0 Å². The number of nitrogens with zero attached hydrogens (tertiary/aromatic N) is 1. The lowest BCUT2D eigenvalue weighted by Crippen LogP contribution is -2.42. The minimum absolute atomic E-state index is 0.0226. The van der Waals surface area contributed by atoms with E-state index in [9.17, 15) is 30.8 Å². The Morgan fingerprint density at radius 3 is 2.26 bits per heavy atom. The lowest BCUT2D eigenvalue weighted by atomic mass is 9.97. The first kappa shape index (κ1) is 23.5. The molecule has 0 radical (unpaired) electrons. The Morgan fingerprint density at radius 2 is 1.71 bits per heavy atom. The number of hydrogen-bond donors (Lipinski definition) is 1. The minimum atomic E-state index is -4.46. The van der Waals surface area contributed by atoms with Crippen LogP contribution in [0.25, 0.3) is 0 Å². The van der Waals surface area contributed by atoms with Crippen LogP contribution in [0.3, 0.4) is 0 Å². The lowest BCUT2D eigenvalue weighted by molar-refractivity contribution is -0.137. The van der Waals surface area contributed by atoms with Gasteiger partial charge in [-0.2, -0.15) is 13.2 Å². The maximum atomic E-state index is 13.9. The van der Waals surface area contributed by atoms with Crippen molar-refractivity contribution in [2.45, 2.75) is 24.8 Å². The zero-order valence-corrected chi connectivity index (χ0v) is 17.7. The third-order valence-corrected chi connectivity index (χ3v) is 7.25. The molecule has 2 aromatic rings. The molecule has 0 saturated carbocycles. The molecule has 0 aromatic heterocycles. The summed E-state index contributed by atoms with van der Waals surface area (Å²) in [4.78, 5) is 12.4. The molecule has 1 aliphatic rings. The number of nitrogens with one attached hydrogen (secondary N) is 1. The van der Waals surface area contributed by atoms with Gasteiger partial charge < -0.3 is 5.32 Å². The van der Waals surface area contributed by atoms with E-state index in [1.165, 1.54) is 28.6 Å². The largest absolute Gasteiger partial charge is 0.416 e. The molecule has 1 heterocycles. The van der Waals surface area contributed by atoms with E-state index < -0.39 is 45.2 Å². The molecular weight excluding hydrogens is 460 g/mol. The van der Waals surface area contributed by atoms with Gasteiger partial charge in [-0.15, -0.1) is 0 Å². The van der Waals surface area contributed by atoms with Gasteiger partial charge in [0.1, 0.15) is 5.82 Å². The van der Waals surface area contributed by atoms with Crippen molar-refractivity contribution in [1.82, 2.24) is 4.31 Å². The summed E-state index contributed by atoms with van der Waals surface area (Å²) in [6.45, 7) is 0.138. The average molecular weight is 479 g/mol. The highest BCUT2D eigenvalue weighted by atomic mass is 35.5. The fourth-order valence-electron chi connectivity index (χ4n) is 3.33. The Labute approximate surface area is 182 Å². The molecule has 1 saturated heterocycles. The van der Waals surface area contributed by atoms with Crippen molar-refractivity contribution in [1.29, 1.82) is 0 Å². The van der Waals surface area contributed by atoms with Crippen LogP contribution < -0.4 is 5.32 Å². The van der Waals surface area contributed by atoms with Crippen molar-refractivity contribution in [2.24, 2.45) is 5.92 Å². The Bertz CT molecular complexity index is 1030. The van der Waals surface area contributed by atoms with Crippen molar-refractivity contribution in [3.8, 4) is 0 Å². The van der Waals surface area contributed by atoms with E-state index in [0.717, 1.165) is 18.2 Å². The Balaban J connectivity index is 1.58. The van der Waals surface area contributed by atoms with Crippen LogP contribution in [-0.4, -0.2) is 31.7 Å². The first-order valence-electron chi connectivity index (χ1n) is 9.36. The quantitative estimate of drug-likeness (QED) is 0.635. The van der Waals surface area contributed by atoms with Crippen molar-refractivity contribution >= 4 is 33.2 Å². The van der Waals surface area contributed by atoms with Crippen LogP contribution in [0.1, 0.15) is 24.0 Å². The second-order valence-electron chi connectivity index (χ2n) is 7.19. The van der Waals surface area contributed by atoms with Crippen LogP contribution in [-0.2, 0) is 26.7 Å². The van der Waals surface area contributed by atoms with E-state index in [1.807, 2.05) is 0 Å². The molecule has 0 bridgehead atoms. The van der Waals surface area contributed by atoms with Gasteiger partial charge in [-0.3, -0.25) is 4.79 Å². The zero-order chi connectivity index (χ0) is 22.8. The van der Waals surface area contributed by atoms with Crippen LogP contribution in [0.2, 0.25) is 5.02 Å². The first-order valence-corrected chi connectivity index (χ1v) is 11.3. The smallest absolute Gasteiger partial charge is 0.326 e. The average Bonchev–Trinajstić information content (AvgIpc) is 2.71. The molecular formula is C20H19ClF4N2O3S. The highest BCUT2D eigenvalue weighted by Gasteiger charge is 2.33. The standard InChI is InChI=1S/C20H19ClF4N2O3S/c21-17-2-1-3-18(22)16(17)12-31(29,30)27-10-8-13(9-11-27)19(28)26-15-6-4-14(5-7-15)20(23,24)25/h1-7,13H,8-12H2,(H,26,28). The van der Waals surface area contributed by atoms with Gasteiger partial charge in [0.2, 0.25) is 15.9 Å². The predicted octanol–water partition coefficient (Wildman–Crippen LogP) is 4.68. The molecule has 1 aliphatic heterocycles. The summed E-state index contributed by atoms with van der Waals surface area (Å²) >= 11 is 5.91. The Kier molecular flexibility index (Phi) is 6.92. The number of hydrogen-bond acceptors (Lipinski definition) is 3. The molecule has 0 atom stereocenters. The van der Waals surface area contributed by atoms with Gasteiger partial charge in [-0.05, 0) is 49.2 Å². The van der Waals surface area contributed by atoms with Crippen LogP contribution >= 0.6 is 11.6 Å². The highest BCUT2D eigenvalue weighted by Crippen LogP contribution is 2.30. The monoisotopic (exact) mass is 478 g/mol. The van der Waals surface area contributed by atoms with E-state index in [-0.39, 0.29) is 42.2 Å². The molecule has 11 heteroatoms. The number of amides is 1. The molecule has 168 valence electrons. The molecule has 31 heavy (non-hydrogen) atoms. The normalized spacial score (nSPS) is 16.3. The number of sulfonamides is 1. The van der Waals surface area contributed by atoms with Crippen molar-refractivity contribution in [2.75, 3.05) is 18.4 Å². The first-order chi connectivity index (χ1) is 14.5. The molecule has 0 spiro atoms. The van der Waals surface area contributed by atoms with Gasteiger partial charge in [-0.1, -0.05) is 17.7 Å². The summed E-state index contributed by atoms with van der Waals surface area (Å²) in [7, 11) is -3.84. The maximum absolute atomic E-state index is 13.9. The Hall–Kier alpha value is -2.17. The zero-order valence-electron chi connectivity index (χ0n) is 16.1. The van der Waals surface area contributed by atoms with E-state index >= 15 is 0 Å². The summed E-state index contributed by atoms with van der Waals surface area (Å²) in [5.41, 5.74) is -0.701. The number of carbonyl (C=O) groups excluding carboxylic acids is 1. The molecule has 0 aliphatic carbocycles. The summed E-state index contributed by atoms with van der Waals surface area (Å²) in [5, 5.41) is 2.58. The molecule has 1 amide bonds. The third kappa shape index (κ3) is 5.75. The maximum Gasteiger partial charge on any atom is 0.416 e. The topological polar surface area (TPSA) is 66.5 Å². The number of alkyl halides is 3. The SMILES string of the molecule is O=C(Nc1ccc(C(F)(F)F)cc1)C1CCN(S(=O)(=O)Cc2c(F)cccc2Cl)CC1. The number of benzene rings is 2. The molecule has 1 N–H and O–H groups in total. The number of piperidine rings is 1. The van der Waals surface area contributed by atoms with E-state index in [2.05, 4.69) is 5.32 Å². The Morgan fingerprint density at radius 1 is 1.10 bits per heavy atom. The third-order valence-electron chi connectivity index (χ3n) is 5.09.